The van der Waals surface area contributed by atoms with E-state index in [1.165, 1.54) is 0 Å². The Hall–Kier alpha value is -2.45. The molecule has 128 valence electrons. The molecule has 2 aromatic heterocycles. The second-order valence-corrected chi connectivity index (χ2v) is 7.19. The number of thioether (sulfide) groups is 1. The first-order chi connectivity index (χ1) is 11.9. The predicted molar refractivity (Wildman–Crippen MR) is 101 cm³/mol. The van der Waals surface area contributed by atoms with Gasteiger partial charge in [-0.3, -0.25) is 14.5 Å². The molecule has 3 rings (SSSR count). The van der Waals surface area contributed by atoms with E-state index in [2.05, 4.69) is 4.98 Å². The topological polar surface area (TPSA) is 75.4 Å². The Morgan fingerprint density at radius 3 is 2.80 bits per heavy atom. The van der Waals surface area contributed by atoms with Crippen LogP contribution in [0.2, 0.25) is 0 Å². The van der Waals surface area contributed by atoms with E-state index >= 15 is 0 Å². The molecule has 8 heteroatoms. The molecule has 25 heavy (non-hydrogen) atoms. The second kappa shape index (κ2) is 6.81. The van der Waals surface area contributed by atoms with Crippen molar-refractivity contribution in [2.75, 3.05) is 6.54 Å². The molecule has 1 saturated heterocycles. The molecule has 0 bridgehead atoms. The van der Waals surface area contributed by atoms with Crippen LogP contribution >= 0.6 is 24.0 Å². The van der Waals surface area contributed by atoms with Crippen molar-refractivity contribution in [1.29, 1.82) is 0 Å². The zero-order valence-electron chi connectivity index (χ0n) is 13.6. The maximum atomic E-state index is 12.4. The molecular weight excluding hydrogens is 358 g/mol. The van der Waals surface area contributed by atoms with Crippen molar-refractivity contribution in [3.05, 3.63) is 52.3 Å². The highest BCUT2D eigenvalue weighted by Crippen LogP contribution is 2.33. The number of aliphatic carboxylic acids is 1. The van der Waals surface area contributed by atoms with Crippen LogP contribution in [0.25, 0.3) is 11.9 Å². The summed E-state index contributed by atoms with van der Waals surface area (Å²) in [5, 5.41) is 8.90. The molecule has 0 aliphatic carbocycles. The Kier molecular flexibility index (Phi) is 4.73. The van der Waals surface area contributed by atoms with Crippen LogP contribution in [0.15, 0.2) is 35.4 Å². The smallest absolute Gasteiger partial charge is 0.323 e. The van der Waals surface area contributed by atoms with Crippen molar-refractivity contribution < 1.29 is 14.7 Å². The first-order valence-electron chi connectivity index (χ1n) is 7.46. The van der Waals surface area contributed by atoms with Crippen molar-refractivity contribution in [2.24, 2.45) is 0 Å². The molecule has 1 aliphatic rings. The lowest BCUT2D eigenvalue weighted by molar-refractivity contribution is -0.140. The van der Waals surface area contributed by atoms with Gasteiger partial charge in [-0.05, 0) is 43.7 Å². The summed E-state index contributed by atoms with van der Waals surface area (Å²) >= 11 is 6.24. The van der Waals surface area contributed by atoms with Gasteiger partial charge in [0.1, 0.15) is 16.7 Å². The Labute approximate surface area is 154 Å². The lowest BCUT2D eigenvalue weighted by atomic mass is 10.2. The van der Waals surface area contributed by atoms with E-state index < -0.39 is 12.5 Å². The van der Waals surface area contributed by atoms with Crippen molar-refractivity contribution >= 4 is 46.3 Å². The van der Waals surface area contributed by atoms with Gasteiger partial charge in [0.15, 0.2) is 0 Å². The average molecular weight is 373 g/mol. The maximum absolute atomic E-state index is 12.4. The first kappa shape index (κ1) is 17.4. The van der Waals surface area contributed by atoms with Gasteiger partial charge < -0.3 is 9.67 Å². The first-order valence-corrected chi connectivity index (χ1v) is 8.68. The van der Waals surface area contributed by atoms with Gasteiger partial charge in [-0.25, -0.2) is 4.98 Å². The normalized spacial score (nSPS) is 16.1. The van der Waals surface area contributed by atoms with Crippen molar-refractivity contribution in [3.63, 3.8) is 0 Å². The highest BCUT2D eigenvalue weighted by molar-refractivity contribution is 8.26. The fourth-order valence-corrected chi connectivity index (χ4v) is 3.93. The van der Waals surface area contributed by atoms with Crippen LogP contribution in [-0.4, -0.2) is 42.3 Å². The van der Waals surface area contributed by atoms with E-state index in [1.807, 2.05) is 42.7 Å². The number of carboxylic acid groups (broad SMARTS) is 1. The Balaban J connectivity index is 1.97. The van der Waals surface area contributed by atoms with Crippen LogP contribution in [0.5, 0.6) is 0 Å². The van der Waals surface area contributed by atoms with Crippen LogP contribution in [0.4, 0.5) is 0 Å². The van der Waals surface area contributed by atoms with Gasteiger partial charge >= 0.3 is 5.97 Å². The predicted octanol–water partition coefficient (Wildman–Crippen LogP) is 2.77. The van der Waals surface area contributed by atoms with Crippen molar-refractivity contribution in [2.45, 2.75) is 13.8 Å². The number of thiocarbonyl (C=S) groups is 1. The molecule has 6 nitrogen and oxygen atoms in total. The monoisotopic (exact) mass is 373 g/mol. The molecule has 3 heterocycles. The number of carboxylic acids is 1. The van der Waals surface area contributed by atoms with Gasteiger partial charge in [-0.1, -0.05) is 30.0 Å². The minimum Gasteiger partial charge on any atom is -0.480 e. The third-order valence-electron chi connectivity index (χ3n) is 3.80. The molecule has 0 unspecified atom stereocenters. The number of nitrogens with zero attached hydrogens (tertiary/aromatic N) is 3. The molecule has 0 atom stereocenters. The number of rotatable bonds is 4. The molecule has 1 aliphatic heterocycles. The van der Waals surface area contributed by atoms with E-state index in [4.69, 9.17) is 17.3 Å². The molecule has 1 N–H and O–H groups in total. The Morgan fingerprint density at radius 2 is 2.16 bits per heavy atom. The number of aryl methyl sites for hydroxylation is 1. The molecule has 0 aromatic carbocycles. The molecule has 1 amide bonds. The summed E-state index contributed by atoms with van der Waals surface area (Å²) in [6.45, 7) is 3.50. The summed E-state index contributed by atoms with van der Waals surface area (Å²) in [6.07, 6.45) is 3.48. The zero-order valence-corrected chi connectivity index (χ0v) is 15.2. The minimum absolute atomic E-state index is 0.261. The summed E-state index contributed by atoms with van der Waals surface area (Å²) in [6, 6.07) is 7.65. The number of amides is 1. The Morgan fingerprint density at radius 1 is 1.40 bits per heavy atom. The quantitative estimate of drug-likeness (QED) is 0.656. The number of hydrogen-bond donors (Lipinski definition) is 1. The van der Waals surface area contributed by atoms with Crippen LogP contribution < -0.4 is 0 Å². The Bertz CT molecular complexity index is 903. The van der Waals surface area contributed by atoms with Gasteiger partial charge in [-0.15, -0.1) is 0 Å². The number of hydrogen-bond acceptors (Lipinski definition) is 5. The summed E-state index contributed by atoms with van der Waals surface area (Å²) in [5.41, 5.74) is 2.81. The summed E-state index contributed by atoms with van der Waals surface area (Å²) in [5.74, 6) is -0.665. The van der Waals surface area contributed by atoms with Crippen molar-refractivity contribution in [1.82, 2.24) is 14.5 Å². The van der Waals surface area contributed by atoms with Crippen LogP contribution in [-0.2, 0) is 9.59 Å². The number of carbonyl (C=O) groups is 2. The van der Waals surface area contributed by atoms with Crippen LogP contribution in [0, 0.1) is 13.8 Å². The molecular formula is C17H15N3O3S2. The standard InChI is InChI=1S/C17H15N3O3S2/c1-10-7-12(11(2)20(10)14-5-3-4-6-18-14)8-13-16(23)19(9-15(21)22)17(24)25-13/h3-8H,9H2,1-2H3,(H,21,22). The second-order valence-electron chi connectivity index (χ2n) is 5.51. The van der Waals surface area contributed by atoms with E-state index in [9.17, 15) is 9.59 Å². The highest BCUT2D eigenvalue weighted by Gasteiger charge is 2.33. The number of carbonyl (C=O) groups excluding carboxylic acids is 1. The lowest BCUT2D eigenvalue weighted by Crippen LogP contribution is -2.33. The van der Waals surface area contributed by atoms with E-state index in [1.54, 1.807) is 12.3 Å². The molecule has 1 fully saturated rings. The molecule has 2 aromatic rings. The van der Waals surface area contributed by atoms with Gasteiger partial charge in [0.2, 0.25) is 0 Å². The summed E-state index contributed by atoms with van der Waals surface area (Å²) in [4.78, 5) is 29.2. The highest BCUT2D eigenvalue weighted by atomic mass is 32.2. The van der Waals surface area contributed by atoms with Gasteiger partial charge in [0.05, 0.1) is 4.91 Å². The largest absolute Gasteiger partial charge is 0.480 e. The van der Waals surface area contributed by atoms with Crippen LogP contribution in [0.3, 0.4) is 0 Å². The van der Waals surface area contributed by atoms with E-state index in [0.29, 0.717) is 4.91 Å². The van der Waals surface area contributed by atoms with Crippen LogP contribution in [0.1, 0.15) is 17.0 Å². The number of pyridine rings is 1. The van der Waals surface area contributed by atoms with E-state index in [0.717, 1.165) is 39.4 Å². The van der Waals surface area contributed by atoms with E-state index in [-0.39, 0.29) is 10.2 Å². The maximum Gasteiger partial charge on any atom is 0.323 e. The fraction of sp³-hybridized carbons (Fsp3) is 0.176. The average Bonchev–Trinajstić information content (AvgIpc) is 2.99. The summed E-state index contributed by atoms with van der Waals surface area (Å²) in [7, 11) is 0. The SMILES string of the molecule is Cc1cc(C=C2SC(=S)N(CC(=O)O)C2=O)c(C)n1-c1ccccn1. The summed E-state index contributed by atoms with van der Waals surface area (Å²) < 4.78 is 2.27. The molecule has 0 radical (unpaired) electrons. The van der Waals surface area contributed by atoms with Gasteiger partial charge in [0, 0.05) is 17.6 Å². The third-order valence-corrected chi connectivity index (χ3v) is 5.18. The fourth-order valence-electron chi connectivity index (χ4n) is 2.69. The molecule has 0 spiro atoms. The number of aromatic nitrogens is 2. The molecule has 0 saturated carbocycles. The van der Waals surface area contributed by atoms with Gasteiger partial charge in [0.25, 0.3) is 5.91 Å². The lowest BCUT2D eigenvalue weighted by Gasteiger charge is -2.10. The zero-order chi connectivity index (χ0) is 18.1. The van der Waals surface area contributed by atoms with Gasteiger partial charge in [-0.2, -0.15) is 0 Å². The van der Waals surface area contributed by atoms with Crippen molar-refractivity contribution in [3.8, 4) is 5.82 Å². The minimum atomic E-state index is -1.09. The third kappa shape index (κ3) is 3.35.